The largest absolute Gasteiger partial charge is 0.385 e. The van der Waals surface area contributed by atoms with Crippen LogP contribution in [0.3, 0.4) is 0 Å². The Morgan fingerprint density at radius 3 is 3.14 bits per heavy atom. The number of hydrogen-bond acceptors (Lipinski definition) is 5. The Hall–Kier alpha value is -1.56. The molecule has 0 aromatic carbocycles. The summed E-state index contributed by atoms with van der Waals surface area (Å²) in [6, 6.07) is 4.11. The minimum absolute atomic E-state index is 0.831. The molecule has 0 bridgehead atoms. The van der Waals surface area contributed by atoms with Crippen LogP contribution in [0.25, 0.3) is 0 Å². The van der Waals surface area contributed by atoms with Gasteiger partial charge >= 0.3 is 0 Å². The molecule has 2 aromatic heterocycles. The maximum absolute atomic E-state index is 4.43. The predicted octanol–water partition coefficient (Wildman–Crippen LogP) is 3.12. The van der Waals surface area contributed by atoms with Crippen molar-refractivity contribution < 1.29 is 0 Å². The van der Waals surface area contributed by atoms with Crippen molar-refractivity contribution in [1.82, 2.24) is 19.7 Å². The number of thioether (sulfide) groups is 1. The lowest BCUT2D eigenvalue weighted by Crippen LogP contribution is -2.02. The van der Waals surface area contributed by atoms with Crippen LogP contribution in [0.5, 0.6) is 0 Å². The minimum Gasteiger partial charge on any atom is -0.385 e. The van der Waals surface area contributed by atoms with Crippen LogP contribution in [0.4, 0.5) is 5.69 Å². The number of nitrogens with zero attached hydrogens (tertiary/aromatic N) is 4. The quantitative estimate of drug-likeness (QED) is 0.860. The van der Waals surface area contributed by atoms with Crippen molar-refractivity contribution in [3.05, 3.63) is 29.8 Å². The van der Waals surface area contributed by atoms with E-state index < -0.39 is 0 Å². The Morgan fingerprint density at radius 2 is 2.24 bits per heavy atom. The number of hydrogen-bond donors (Lipinski definition) is 1. The molecule has 0 radical (unpaired) electrons. The molecule has 3 rings (SSSR count). The highest BCUT2D eigenvalue weighted by atomic mass is 32.2. The molecule has 0 amide bonds. The fourth-order valence-electron chi connectivity index (χ4n) is 2.57. The first-order chi connectivity index (χ1) is 10.4. The molecule has 21 heavy (non-hydrogen) atoms. The van der Waals surface area contributed by atoms with Gasteiger partial charge in [0.15, 0.2) is 5.16 Å². The summed E-state index contributed by atoms with van der Waals surface area (Å²) in [5, 5.41) is 13.0. The third-order valence-electron chi connectivity index (χ3n) is 3.62. The molecule has 0 aliphatic carbocycles. The maximum Gasteiger partial charge on any atom is 0.191 e. The Morgan fingerprint density at radius 1 is 1.29 bits per heavy atom. The van der Waals surface area contributed by atoms with Crippen LogP contribution < -0.4 is 5.32 Å². The molecule has 5 nitrogen and oxygen atoms in total. The molecular weight excluding hydrogens is 282 g/mol. The maximum atomic E-state index is 4.43. The third-order valence-corrected chi connectivity index (χ3v) is 4.62. The van der Waals surface area contributed by atoms with Crippen LogP contribution in [0.1, 0.15) is 37.7 Å². The average molecular weight is 303 g/mol. The van der Waals surface area contributed by atoms with Crippen molar-refractivity contribution in [3.8, 4) is 0 Å². The van der Waals surface area contributed by atoms with Crippen molar-refractivity contribution in [2.45, 2.75) is 50.1 Å². The van der Waals surface area contributed by atoms with E-state index >= 15 is 0 Å². The number of rotatable bonds is 5. The minimum atomic E-state index is 0.831. The third kappa shape index (κ3) is 3.56. The van der Waals surface area contributed by atoms with Gasteiger partial charge in [0.05, 0.1) is 5.69 Å². The number of pyridine rings is 1. The van der Waals surface area contributed by atoms with E-state index in [1.54, 1.807) is 11.8 Å². The first-order valence-electron chi connectivity index (χ1n) is 7.60. The molecule has 0 atom stereocenters. The Balaban J connectivity index is 1.67. The highest BCUT2D eigenvalue weighted by molar-refractivity contribution is 7.98. The Labute approximate surface area is 129 Å². The molecule has 1 aliphatic heterocycles. The second kappa shape index (κ2) is 6.93. The Bertz CT molecular complexity index is 595. The number of anilines is 1. The summed E-state index contributed by atoms with van der Waals surface area (Å²) >= 11 is 1.73. The van der Waals surface area contributed by atoms with E-state index in [4.69, 9.17) is 0 Å². The van der Waals surface area contributed by atoms with Crippen LogP contribution in [0.15, 0.2) is 23.5 Å². The second-order valence-corrected chi connectivity index (χ2v) is 6.16. The molecule has 3 heterocycles. The molecule has 1 N–H and O–H groups in total. The van der Waals surface area contributed by atoms with Gasteiger partial charge in [-0.05, 0) is 31.9 Å². The first-order valence-corrected chi connectivity index (χ1v) is 8.59. The smallest absolute Gasteiger partial charge is 0.191 e. The molecule has 0 fully saturated rings. The number of aryl methyl sites for hydroxylation is 1. The molecule has 0 saturated carbocycles. The zero-order valence-electron chi connectivity index (χ0n) is 12.4. The van der Waals surface area contributed by atoms with Gasteiger partial charge in [-0.15, -0.1) is 10.2 Å². The van der Waals surface area contributed by atoms with E-state index in [0.29, 0.717) is 0 Å². The molecule has 6 heteroatoms. The van der Waals surface area contributed by atoms with Gasteiger partial charge in [0, 0.05) is 37.1 Å². The fourth-order valence-corrected chi connectivity index (χ4v) is 3.46. The van der Waals surface area contributed by atoms with E-state index in [0.717, 1.165) is 47.6 Å². The number of aromatic nitrogens is 4. The highest BCUT2D eigenvalue weighted by Gasteiger charge is 2.15. The van der Waals surface area contributed by atoms with Crippen LogP contribution in [0.2, 0.25) is 0 Å². The monoisotopic (exact) mass is 303 g/mol. The molecule has 112 valence electrons. The molecule has 1 aliphatic rings. The topological polar surface area (TPSA) is 55.6 Å². The van der Waals surface area contributed by atoms with Crippen molar-refractivity contribution in [2.24, 2.45) is 0 Å². The molecular formula is C15H21N5S. The lowest BCUT2D eigenvalue weighted by molar-refractivity contribution is 0.591. The van der Waals surface area contributed by atoms with Gasteiger partial charge < -0.3 is 9.88 Å². The number of fused-ring (bicyclic) bond motifs is 1. The van der Waals surface area contributed by atoms with Gasteiger partial charge in [-0.1, -0.05) is 18.2 Å². The normalized spacial score (nSPS) is 14.5. The van der Waals surface area contributed by atoms with E-state index in [1.807, 2.05) is 12.3 Å². The van der Waals surface area contributed by atoms with E-state index in [9.17, 15) is 0 Å². The van der Waals surface area contributed by atoms with Gasteiger partial charge in [-0.3, -0.25) is 4.98 Å². The van der Waals surface area contributed by atoms with Crippen molar-refractivity contribution in [1.29, 1.82) is 0 Å². The second-order valence-electron chi connectivity index (χ2n) is 5.22. The molecule has 0 spiro atoms. The van der Waals surface area contributed by atoms with Crippen LogP contribution in [0, 0.1) is 0 Å². The van der Waals surface area contributed by atoms with Crippen molar-refractivity contribution in [3.63, 3.8) is 0 Å². The van der Waals surface area contributed by atoms with Crippen molar-refractivity contribution >= 4 is 17.4 Å². The highest BCUT2D eigenvalue weighted by Crippen LogP contribution is 2.24. The van der Waals surface area contributed by atoms with E-state index in [2.05, 4.69) is 38.1 Å². The molecule has 2 aromatic rings. The summed E-state index contributed by atoms with van der Waals surface area (Å²) in [5.74, 6) is 1.97. The predicted molar refractivity (Wildman–Crippen MR) is 85.5 cm³/mol. The van der Waals surface area contributed by atoms with Gasteiger partial charge in [-0.2, -0.15) is 0 Å². The van der Waals surface area contributed by atoms with Gasteiger partial charge in [0.25, 0.3) is 0 Å². The number of nitrogens with one attached hydrogen (secondary N) is 1. The lowest BCUT2D eigenvalue weighted by atomic mass is 10.2. The van der Waals surface area contributed by atoms with Gasteiger partial charge in [0.1, 0.15) is 5.82 Å². The lowest BCUT2D eigenvalue weighted by Gasteiger charge is -2.07. The fraction of sp³-hybridized carbons (Fsp3) is 0.533. The first kappa shape index (κ1) is 14.4. The van der Waals surface area contributed by atoms with E-state index in [-0.39, 0.29) is 0 Å². The SMILES string of the molecule is CCNc1ccnc(CSc2nnc3n2CCCCC3)c1. The van der Waals surface area contributed by atoms with Crippen LogP contribution >= 0.6 is 11.8 Å². The summed E-state index contributed by atoms with van der Waals surface area (Å²) in [6.45, 7) is 4.07. The summed E-state index contributed by atoms with van der Waals surface area (Å²) < 4.78 is 2.28. The summed E-state index contributed by atoms with van der Waals surface area (Å²) in [4.78, 5) is 4.43. The zero-order chi connectivity index (χ0) is 14.5. The van der Waals surface area contributed by atoms with Gasteiger partial charge in [0.2, 0.25) is 0 Å². The Kier molecular flexibility index (Phi) is 4.75. The molecule has 0 unspecified atom stereocenters. The summed E-state index contributed by atoms with van der Waals surface area (Å²) in [7, 11) is 0. The van der Waals surface area contributed by atoms with Crippen LogP contribution in [-0.4, -0.2) is 26.3 Å². The summed E-state index contributed by atoms with van der Waals surface area (Å²) in [6.07, 6.45) is 6.67. The average Bonchev–Trinajstić information content (AvgIpc) is 2.73. The standard InChI is InChI=1S/C15H21N5S/c1-2-16-12-7-8-17-13(10-12)11-21-15-19-18-14-6-4-3-5-9-20(14)15/h7-8,10H,2-6,9,11H2,1H3,(H,16,17). The van der Waals surface area contributed by atoms with E-state index in [1.165, 1.54) is 19.3 Å². The molecule has 0 saturated heterocycles. The zero-order valence-corrected chi connectivity index (χ0v) is 13.2. The van der Waals surface area contributed by atoms with Gasteiger partial charge in [-0.25, -0.2) is 0 Å². The summed E-state index contributed by atoms with van der Waals surface area (Å²) in [5.41, 5.74) is 2.20. The van der Waals surface area contributed by atoms with Crippen molar-refractivity contribution in [2.75, 3.05) is 11.9 Å². The van der Waals surface area contributed by atoms with Crippen LogP contribution in [-0.2, 0) is 18.7 Å².